The molecule has 0 atom stereocenters. The van der Waals surface area contributed by atoms with Gasteiger partial charge < -0.3 is 9.47 Å². The zero-order chi connectivity index (χ0) is 45.3. The molecule has 0 fully saturated rings. The maximum atomic E-state index is 12.7. The second-order valence-electron chi connectivity index (χ2n) is 15.8. The van der Waals surface area contributed by atoms with Crippen LogP contribution in [0.5, 0.6) is 0 Å². The first-order chi connectivity index (χ1) is 27.7. The second kappa shape index (κ2) is 35.4. The molecule has 0 N–H and O–H groups in total. The molecule has 4 aromatic carbocycles. The van der Waals surface area contributed by atoms with Crippen molar-refractivity contribution in [2.45, 2.75) is 133 Å². The van der Waals surface area contributed by atoms with Gasteiger partial charge in [-0.05, 0) is 135 Å². The van der Waals surface area contributed by atoms with Gasteiger partial charge in [0.1, 0.15) is 17.5 Å². The van der Waals surface area contributed by atoms with E-state index < -0.39 is 0 Å². The van der Waals surface area contributed by atoms with E-state index in [4.69, 9.17) is 32.7 Å². The summed E-state index contributed by atoms with van der Waals surface area (Å²) in [7, 11) is 0. The van der Waals surface area contributed by atoms with Crippen LogP contribution in [0.1, 0.15) is 137 Å². The number of allylic oxidation sites excluding steroid dienone is 1. The summed E-state index contributed by atoms with van der Waals surface area (Å²) in [5.41, 5.74) is 4.51. The lowest BCUT2D eigenvalue weighted by Gasteiger charge is -2.04. The van der Waals surface area contributed by atoms with Gasteiger partial charge >= 0.3 is 0 Å². The maximum absolute atomic E-state index is 12.7. The minimum Gasteiger partial charge on any atom is -0.379 e. The van der Waals surface area contributed by atoms with Gasteiger partial charge in [-0.3, -0.25) is 0 Å². The van der Waals surface area contributed by atoms with E-state index in [1.54, 1.807) is 36.4 Å². The Morgan fingerprint density at radius 1 is 0.644 bits per heavy atom. The van der Waals surface area contributed by atoms with Crippen LogP contribution in [0.3, 0.4) is 0 Å². The molecule has 0 saturated carbocycles. The van der Waals surface area contributed by atoms with E-state index in [1.165, 1.54) is 48.7 Å². The average molecular weight is 860 g/mol. The van der Waals surface area contributed by atoms with Crippen molar-refractivity contribution in [1.29, 1.82) is 0 Å². The fourth-order valence-corrected chi connectivity index (χ4v) is 4.79. The molecule has 0 aliphatic heterocycles. The van der Waals surface area contributed by atoms with Gasteiger partial charge in [0.2, 0.25) is 0 Å². The van der Waals surface area contributed by atoms with Gasteiger partial charge in [-0.1, -0.05) is 152 Å². The number of halogens is 5. The lowest BCUT2D eigenvalue weighted by atomic mass is 10.0. The summed E-state index contributed by atoms with van der Waals surface area (Å²) in [4.78, 5) is 0. The van der Waals surface area contributed by atoms with E-state index in [0.29, 0.717) is 41.6 Å². The first kappa shape index (κ1) is 57.7. The van der Waals surface area contributed by atoms with Crippen molar-refractivity contribution in [2.75, 3.05) is 13.2 Å². The SMILES string of the molecule is C=CCOC(C)C.CC(C)/C=C/c1ccc(F)cc1.CC(C)CCc1ccccc1.CC(C)c1cc(F)cc(Cl)c1.CC(C)c1ccc(F)c(Cl)c1.CCCOC(C)C. The summed E-state index contributed by atoms with van der Waals surface area (Å²) in [5, 5.41) is 0.671. The molecular formula is C52H75Cl2F3O2. The first-order valence-corrected chi connectivity index (χ1v) is 21.7. The molecule has 59 heavy (non-hydrogen) atoms. The Balaban J connectivity index is 0. The molecule has 0 aliphatic rings. The number of rotatable bonds is 13. The molecule has 0 aliphatic carbocycles. The van der Waals surface area contributed by atoms with E-state index >= 15 is 0 Å². The van der Waals surface area contributed by atoms with E-state index in [0.717, 1.165) is 35.6 Å². The number of benzene rings is 4. The Morgan fingerprint density at radius 2 is 1.22 bits per heavy atom. The predicted octanol–water partition coefficient (Wildman–Crippen LogP) is 17.4. The Bertz CT molecular complexity index is 1610. The van der Waals surface area contributed by atoms with Gasteiger partial charge in [-0.2, -0.15) is 0 Å². The van der Waals surface area contributed by atoms with E-state index in [9.17, 15) is 13.2 Å². The lowest BCUT2D eigenvalue weighted by Crippen LogP contribution is -2.01. The molecule has 7 heteroatoms. The zero-order valence-electron chi connectivity index (χ0n) is 38.3. The Kier molecular flexibility index (Phi) is 34.7. The molecule has 0 bridgehead atoms. The molecular weight excluding hydrogens is 784 g/mol. The van der Waals surface area contributed by atoms with Crippen molar-refractivity contribution >= 4 is 29.3 Å². The molecule has 0 spiro atoms. The number of ether oxygens (including phenoxy) is 2. The molecule has 0 radical (unpaired) electrons. The molecule has 0 saturated heterocycles. The molecule has 4 rings (SSSR count). The summed E-state index contributed by atoms with van der Waals surface area (Å²) in [5.74, 6) is 1.27. The van der Waals surface area contributed by atoms with E-state index in [1.807, 2.05) is 47.6 Å². The van der Waals surface area contributed by atoms with Crippen molar-refractivity contribution in [3.8, 4) is 0 Å². The summed E-state index contributed by atoms with van der Waals surface area (Å²) < 4.78 is 48.1. The maximum Gasteiger partial charge on any atom is 0.141 e. The number of hydrogen-bond donors (Lipinski definition) is 0. The van der Waals surface area contributed by atoms with Crippen molar-refractivity contribution in [3.05, 3.63) is 159 Å². The number of hydrogen-bond acceptors (Lipinski definition) is 2. The number of aryl methyl sites for hydroxylation is 1. The first-order valence-electron chi connectivity index (χ1n) is 20.9. The highest BCUT2D eigenvalue weighted by atomic mass is 35.5. The molecule has 0 amide bonds. The predicted molar refractivity (Wildman–Crippen MR) is 254 cm³/mol. The smallest absolute Gasteiger partial charge is 0.141 e. The normalized spacial score (nSPS) is 10.6. The fourth-order valence-electron chi connectivity index (χ4n) is 4.37. The Morgan fingerprint density at radius 3 is 1.63 bits per heavy atom. The minimum absolute atomic E-state index is 0.184. The molecule has 0 heterocycles. The molecule has 330 valence electrons. The van der Waals surface area contributed by atoms with Crippen LogP contribution in [0, 0.1) is 29.3 Å². The van der Waals surface area contributed by atoms with E-state index in [2.05, 4.69) is 91.5 Å². The summed E-state index contributed by atoms with van der Waals surface area (Å²) >= 11 is 11.2. The van der Waals surface area contributed by atoms with Crippen LogP contribution in [0.25, 0.3) is 6.08 Å². The third-order valence-electron chi connectivity index (χ3n) is 7.76. The third-order valence-corrected chi connectivity index (χ3v) is 8.27. The van der Waals surface area contributed by atoms with Crippen LogP contribution in [-0.4, -0.2) is 25.4 Å². The molecule has 0 unspecified atom stereocenters. The topological polar surface area (TPSA) is 18.5 Å². The molecule has 2 nitrogen and oxygen atoms in total. The second-order valence-corrected chi connectivity index (χ2v) is 16.7. The quantitative estimate of drug-likeness (QED) is 0.125. The Hall–Kier alpha value is -3.35. The Labute approximate surface area is 368 Å². The van der Waals surface area contributed by atoms with Gasteiger partial charge in [0.05, 0.1) is 23.8 Å². The van der Waals surface area contributed by atoms with E-state index in [-0.39, 0.29) is 22.5 Å². The van der Waals surface area contributed by atoms with Gasteiger partial charge in [-0.25, -0.2) is 13.2 Å². The van der Waals surface area contributed by atoms with Crippen molar-refractivity contribution in [1.82, 2.24) is 0 Å². The standard InChI is InChI=1S/C11H13F.C11H16.2C9H10ClF.C6H14O.C6H12O/c1-9(2)3-4-10-5-7-11(12)8-6-10;1-10(2)8-9-11-6-4-3-5-7-11;1-6(2)7-3-8(10)5-9(11)4-7;1-6(2)7-3-4-9(11)8(10)5-7;2*1-4-5-7-6(2)3/h3-9H,1-2H3;3-7,10H,8-9H2,1-2H3;2*3-6H,1-2H3;6H,4-5H2,1-3H3;4,6H,1,5H2,2-3H3/b4-3+;;;;;. The monoisotopic (exact) mass is 859 g/mol. The van der Waals surface area contributed by atoms with Crippen LogP contribution in [0.15, 0.2) is 110 Å². The summed E-state index contributed by atoms with van der Waals surface area (Å²) in [6.45, 7) is 32.2. The summed E-state index contributed by atoms with van der Waals surface area (Å²) in [6, 6.07) is 26.6. The van der Waals surface area contributed by atoms with Gasteiger partial charge in [0, 0.05) is 11.6 Å². The lowest BCUT2D eigenvalue weighted by molar-refractivity contribution is 0.0794. The third kappa shape index (κ3) is 35.1. The summed E-state index contributed by atoms with van der Waals surface area (Å²) in [6.07, 6.45) is 10.2. The van der Waals surface area contributed by atoms with Crippen LogP contribution < -0.4 is 0 Å². The highest BCUT2D eigenvalue weighted by Gasteiger charge is 2.04. The minimum atomic E-state index is -0.351. The van der Waals surface area contributed by atoms with Crippen molar-refractivity contribution in [3.63, 3.8) is 0 Å². The van der Waals surface area contributed by atoms with Crippen molar-refractivity contribution < 1.29 is 22.6 Å². The van der Waals surface area contributed by atoms with Crippen molar-refractivity contribution in [2.24, 2.45) is 11.8 Å². The highest BCUT2D eigenvalue weighted by molar-refractivity contribution is 6.31. The molecule has 4 aromatic rings. The van der Waals surface area contributed by atoms with Gasteiger partial charge in [0.25, 0.3) is 0 Å². The van der Waals surface area contributed by atoms with Gasteiger partial charge in [0.15, 0.2) is 0 Å². The van der Waals surface area contributed by atoms with Crippen LogP contribution >= 0.6 is 23.2 Å². The zero-order valence-corrected chi connectivity index (χ0v) is 39.8. The van der Waals surface area contributed by atoms with Crippen LogP contribution in [0.4, 0.5) is 13.2 Å². The fraction of sp³-hybridized carbons (Fsp3) is 0.462. The van der Waals surface area contributed by atoms with Crippen LogP contribution in [-0.2, 0) is 15.9 Å². The largest absolute Gasteiger partial charge is 0.379 e. The van der Waals surface area contributed by atoms with Crippen LogP contribution in [0.2, 0.25) is 10.0 Å². The van der Waals surface area contributed by atoms with Gasteiger partial charge in [-0.15, -0.1) is 6.58 Å². The highest BCUT2D eigenvalue weighted by Crippen LogP contribution is 2.22. The average Bonchev–Trinajstić information content (AvgIpc) is 3.17. The molecule has 0 aromatic heterocycles.